The van der Waals surface area contributed by atoms with Gasteiger partial charge in [0.25, 0.3) is 0 Å². The predicted molar refractivity (Wildman–Crippen MR) is 80.7 cm³/mol. The van der Waals surface area contributed by atoms with Gasteiger partial charge in [-0.2, -0.15) is 0 Å². The SMILES string of the molecule is Cc1cc(-c2cc3c(cc2F)C(C)(C)CN3C)ccn1. The Hall–Kier alpha value is -1.90. The number of fused-ring (bicyclic) bond motifs is 1. The molecule has 2 nitrogen and oxygen atoms in total. The molecule has 0 atom stereocenters. The molecular formula is C17H19FN2. The monoisotopic (exact) mass is 270 g/mol. The average molecular weight is 270 g/mol. The van der Waals surface area contributed by atoms with Crippen LogP contribution in [0.3, 0.4) is 0 Å². The number of nitrogens with zero attached hydrogens (tertiary/aromatic N) is 2. The number of halogens is 1. The Morgan fingerprint density at radius 1 is 1.25 bits per heavy atom. The molecule has 0 fully saturated rings. The van der Waals surface area contributed by atoms with Gasteiger partial charge in [-0.05, 0) is 42.3 Å². The number of hydrogen-bond acceptors (Lipinski definition) is 2. The number of likely N-dealkylation sites (N-methyl/N-ethyl adjacent to an activating group) is 1. The molecule has 0 saturated carbocycles. The highest BCUT2D eigenvalue weighted by Crippen LogP contribution is 2.42. The molecule has 0 spiro atoms. The normalized spacial score (nSPS) is 16.4. The summed E-state index contributed by atoms with van der Waals surface area (Å²) in [7, 11) is 2.06. The zero-order valence-electron chi connectivity index (χ0n) is 12.4. The molecule has 1 aliphatic heterocycles. The van der Waals surface area contributed by atoms with Crippen molar-refractivity contribution in [3.05, 3.63) is 47.5 Å². The van der Waals surface area contributed by atoms with Gasteiger partial charge in [0, 0.05) is 42.1 Å². The standard InChI is InChI=1S/C17H19FN2/c1-11-7-12(5-6-19-11)13-8-16-14(9-15(13)18)17(2,3)10-20(16)4/h5-9H,10H2,1-4H3. The third-order valence-corrected chi connectivity index (χ3v) is 4.07. The van der Waals surface area contributed by atoms with Crippen LogP contribution in [0.4, 0.5) is 10.1 Å². The van der Waals surface area contributed by atoms with Gasteiger partial charge >= 0.3 is 0 Å². The quantitative estimate of drug-likeness (QED) is 0.780. The van der Waals surface area contributed by atoms with Crippen LogP contribution < -0.4 is 4.90 Å². The van der Waals surface area contributed by atoms with Crippen molar-refractivity contribution in [3.8, 4) is 11.1 Å². The Morgan fingerprint density at radius 3 is 2.70 bits per heavy atom. The van der Waals surface area contributed by atoms with Crippen molar-refractivity contribution < 1.29 is 4.39 Å². The lowest BCUT2D eigenvalue weighted by Gasteiger charge is -2.18. The molecule has 0 aliphatic carbocycles. The summed E-state index contributed by atoms with van der Waals surface area (Å²) in [6.45, 7) is 7.15. The fraction of sp³-hybridized carbons (Fsp3) is 0.353. The van der Waals surface area contributed by atoms with E-state index in [2.05, 4.69) is 30.8 Å². The van der Waals surface area contributed by atoms with E-state index in [-0.39, 0.29) is 11.2 Å². The third kappa shape index (κ3) is 1.98. The molecule has 3 heteroatoms. The van der Waals surface area contributed by atoms with E-state index in [9.17, 15) is 4.39 Å². The lowest BCUT2D eigenvalue weighted by atomic mass is 9.86. The van der Waals surface area contributed by atoms with Crippen molar-refractivity contribution in [2.24, 2.45) is 0 Å². The van der Waals surface area contributed by atoms with Gasteiger partial charge in [0.1, 0.15) is 5.82 Å². The Balaban J connectivity index is 2.19. The van der Waals surface area contributed by atoms with E-state index in [1.54, 1.807) is 12.3 Å². The van der Waals surface area contributed by atoms with E-state index in [0.29, 0.717) is 5.56 Å². The minimum atomic E-state index is -0.155. The second-order valence-electron chi connectivity index (χ2n) is 6.28. The molecule has 1 aromatic heterocycles. The van der Waals surface area contributed by atoms with Gasteiger partial charge in [-0.25, -0.2) is 4.39 Å². The number of aryl methyl sites for hydroxylation is 1. The third-order valence-electron chi connectivity index (χ3n) is 4.07. The van der Waals surface area contributed by atoms with Gasteiger partial charge in [0.15, 0.2) is 0 Å². The molecular weight excluding hydrogens is 251 g/mol. The van der Waals surface area contributed by atoms with Crippen molar-refractivity contribution in [3.63, 3.8) is 0 Å². The fourth-order valence-corrected chi connectivity index (χ4v) is 3.12. The van der Waals surface area contributed by atoms with Gasteiger partial charge < -0.3 is 4.90 Å². The van der Waals surface area contributed by atoms with Crippen molar-refractivity contribution in [2.75, 3.05) is 18.5 Å². The van der Waals surface area contributed by atoms with E-state index in [1.807, 2.05) is 25.1 Å². The first kappa shape index (κ1) is 13.1. The van der Waals surface area contributed by atoms with Crippen LogP contribution in [0.2, 0.25) is 0 Å². The topological polar surface area (TPSA) is 16.1 Å². The Labute approximate surface area is 119 Å². The molecule has 0 amide bonds. The summed E-state index contributed by atoms with van der Waals surface area (Å²) in [5, 5.41) is 0. The van der Waals surface area contributed by atoms with Crippen molar-refractivity contribution in [2.45, 2.75) is 26.2 Å². The molecule has 1 aliphatic rings. The van der Waals surface area contributed by atoms with Crippen LogP contribution in [-0.2, 0) is 5.41 Å². The summed E-state index contributed by atoms with van der Waals surface area (Å²) < 4.78 is 14.5. The molecule has 3 rings (SSSR count). The maximum Gasteiger partial charge on any atom is 0.131 e. The number of pyridine rings is 1. The summed E-state index contributed by atoms with van der Waals surface area (Å²) in [4.78, 5) is 6.37. The Kier molecular flexibility index (Phi) is 2.82. The Morgan fingerprint density at radius 2 is 2.00 bits per heavy atom. The van der Waals surface area contributed by atoms with Gasteiger partial charge in [0.05, 0.1) is 0 Å². The largest absolute Gasteiger partial charge is 0.373 e. The zero-order chi connectivity index (χ0) is 14.5. The molecule has 2 heterocycles. The second kappa shape index (κ2) is 4.30. The van der Waals surface area contributed by atoms with E-state index in [4.69, 9.17) is 0 Å². The van der Waals surface area contributed by atoms with Crippen LogP contribution in [0.25, 0.3) is 11.1 Å². The maximum atomic E-state index is 14.5. The second-order valence-corrected chi connectivity index (χ2v) is 6.28. The van der Waals surface area contributed by atoms with Crippen LogP contribution in [0.1, 0.15) is 25.1 Å². The zero-order valence-corrected chi connectivity index (χ0v) is 12.4. The molecule has 20 heavy (non-hydrogen) atoms. The fourth-order valence-electron chi connectivity index (χ4n) is 3.12. The molecule has 0 saturated heterocycles. The van der Waals surface area contributed by atoms with Crippen molar-refractivity contribution in [1.82, 2.24) is 4.98 Å². The number of anilines is 1. The molecule has 1 aromatic carbocycles. The summed E-state index contributed by atoms with van der Waals surface area (Å²) in [6, 6.07) is 7.45. The summed E-state index contributed by atoms with van der Waals surface area (Å²) in [5.74, 6) is -0.155. The first-order valence-corrected chi connectivity index (χ1v) is 6.87. The van der Waals surface area contributed by atoms with E-state index in [0.717, 1.165) is 29.1 Å². The number of benzene rings is 1. The minimum Gasteiger partial charge on any atom is -0.373 e. The maximum absolute atomic E-state index is 14.5. The number of hydrogen-bond donors (Lipinski definition) is 0. The molecule has 0 N–H and O–H groups in total. The van der Waals surface area contributed by atoms with Gasteiger partial charge in [-0.3, -0.25) is 4.98 Å². The van der Waals surface area contributed by atoms with E-state index >= 15 is 0 Å². The summed E-state index contributed by atoms with van der Waals surface area (Å²) in [5.41, 5.74) is 4.65. The highest BCUT2D eigenvalue weighted by molar-refractivity contribution is 5.74. The first-order chi connectivity index (χ1) is 9.38. The predicted octanol–water partition coefficient (Wildman–Crippen LogP) is 3.92. The van der Waals surface area contributed by atoms with Gasteiger partial charge in [-0.1, -0.05) is 13.8 Å². The molecule has 0 unspecified atom stereocenters. The lowest BCUT2D eigenvalue weighted by molar-refractivity contribution is 0.556. The van der Waals surface area contributed by atoms with Gasteiger partial charge in [-0.15, -0.1) is 0 Å². The number of aromatic nitrogens is 1. The van der Waals surface area contributed by atoms with Gasteiger partial charge in [0.2, 0.25) is 0 Å². The van der Waals surface area contributed by atoms with Crippen LogP contribution in [-0.4, -0.2) is 18.6 Å². The molecule has 0 radical (unpaired) electrons. The van der Waals surface area contributed by atoms with Crippen LogP contribution >= 0.6 is 0 Å². The van der Waals surface area contributed by atoms with Crippen LogP contribution in [0.5, 0.6) is 0 Å². The van der Waals surface area contributed by atoms with E-state index in [1.165, 1.54) is 0 Å². The Bertz CT molecular complexity index is 677. The minimum absolute atomic E-state index is 0.00237. The highest BCUT2D eigenvalue weighted by atomic mass is 19.1. The number of rotatable bonds is 1. The van der Waals surface area contributed by atoms with E-state index < -0.39 is 0 Å². The smallest absolute Gasteiger partial charge is 0.131 e. The van der Waals surface area contributed by atoms with Crippen molar-refractivity contribution in [1.29, 1.82) is 0 Å². The van der Waals surface area contributed by atoms with Crippen LogP contribution in [0.15, 0.2) is 30.5 Å². The average Bonchev–Trinajstić information content (AvgIpc) is 2.58. The van der Waals surface area contributed by atoms with Crippen molar-refractivity contribution >= 4 is 5.69 Å². The summed E-state index contributed by atoms with van der Waals surface area (Å²) in [6.07, 6.45) is 1.73. The molecule has 2 aromatic rings. The van der Waals surface area contributed by atoms with Crippen LogP contribution in [0, 0.1) is 12.7 Å². The first-order valence-electron chi connectivity index (χ1n) is 6.87. The highest BCUT2D eigenvalue weighted by Gasteiger charge is 2.34. The summed E-state index contributed by atoms with van der Waals surface area (Å²) >= 11 is 0. The lowest BCUT2D eigenvalue weighted by Crippen LogP contribution is -2.24. The molecule has 0 bridgehead atoms. The molecule has 104 valence electrons.